The topological polar surface area (TPSA) is 21.3 Å². The van der Waals surface area contributed by atoms with Gasteiger partial charge in [0.25, 0.3) is 0 Å². The zero-order valence-corrected chi connectivity index (χ0v) is 16.5. The Balaban J connectivity index is 1.75. The van der Waals surface area contributed by atoms with Gasteiger partial charge in [-0.25, -0.2) is 0 Å². The van der Waals surface area contributed by atoms with Crippen LogP contribution in [0.25, 0.3) is 0 Å². The van der Waals surface area contributed by atoms with Gasteiger partial charge in [0.1, 0.15) is 5.75 Å². The van der Waals surface area contributed by atoms with Crippen molar-refractivity contribution in [1.82, 2.24) is 0 Å². The lowest BCUT2D eigenvalue weighted by Crippen LogP contribution is -2.29. The van der Waals surface area contributed by atoms with E-state index in [4.69, 9.17) is 27.9 Å². The second-order valence-electron chi connectivity index (χ2n) is 7.57. The van der Waals surface area contributed by atoms with E-state index in [1.807, 2.05) is 24.3 Å². The number of benzene rings is 2. The summed E-state index contributed by atoms with van der Waals surface area (Å²) in [6, 6.07) is 12.3. The zero-order chi connectivity index (χ0) is 18.3. The predicted molar refractivity (Wildman–Crippen MR) is 110 cm³/mol. The summed E-state index contributed by atoms with van der Waals surface area (Å²) in [5.41, 5.74) is 3.50. The maximum atomic E-state index is 6.55. The molecule has 0 amide bonds. The number of halogens is 2. The number of hydrogen-bond donors (Lipinski definition) is 1. The molecule has 0 bridgehead atoms. The van der Waals surface area contributed by atoms with Crippen molar-refractivity contribution < 1.29 is 4.74 Å². The lowest BCUT2D eigenvalue weighted by atomic mass is 9.77. The molecule has 4 rings (SSSR count). The Hall–Kier alpha value is -1.64. The molecule has 2 nitrogen and oxygen atoms in total. The summed E-state index contributed by atoms with van der Waals surface area (Å²) < 4.78 is 6.11. The van der Waals surface area contributed by atoms with Gasteiger partial charge in [0, 0.05) is 16.0 Å². The molecule has 2 aromatic rings. The maximum Gasteiger partial charge on any atom is 0.142 e. The van der Waals surface area contributed by atoms with Gasteiger partial charge in [-0.2, -0.15) is 0 Å². The third-order valence-corrected chi connectivity index (χ3v) is 5.79. The number of para-hydroxylation sites is 1. The van der Waals surface area contributed by atoms with E-state index < -0.39 is 0 Å². The van der Waals surface area contributed by atoms with Crippen molar-refractivity contribution in [2.24, 2.45) is 11.8 Å². The predicted octanol–water partition coefficient (Wildman–Crippen LogP) is 6.85. The molecule has 2 aliphatic rings. The van der Waals surface area contributed by atoms with Crippen LogP contribution in [0.2, 0.25) is 10.0 Å². The highest BCUT2D eigenvalue weighted by atomic mass is 35.5. The number of nitrogens with one attached hydrogen (secondary N) is 1. The van der Waals surface area contributed by atoms with Crippen LogP contribution in [0.3, 0.4) is 0 Å². The molecule has 3 unspecified atom stereocenters. The van der Waals surface area contributed by atoms with Gasteiger partial charge in [-0.3, -0.25) is 0 Å². The molecule has 0 aromatic heterocycles. The highest BCUT2D eigenvalue weighted by molar-refractivity contribution is 6.35. The van der Waals surface area contributed by atoms with Gasteiger partial charge < -0.3 is 10.1 Å². The lowest BCUT2D eigenvalue weighted by Gasteiger charge is -2.38. The van der Waals surface area contributed by atoms with Crippen LogP contribution in [0.4, 0.5) is 5.69 Å². The molecular weight excluding hydrogens is 365 g/mol. The first-order valence-corrected chi connectivity index (χ1v) is 9.94. The molecule has 0 spiro atoms. The molecule has 1 heterocycles. The highest BCUT2D eigenvalue weighted by Gasteiger charge is 2.39. The first-order chi connectivity index (χ1) is 12.5. The smallest absolute Gasteiger partial charge is 0.142 e. The van der Waals surface area contributed by atoms with Crippen molar-refractivity contribution in [3.05, 3.63) is 69.7 Å². The summed E-state index contributed by atoms with van der Waals surface area (Å²) in [6.45, 7) is 5.03. The fraction of sp³-hybridized carbons (Fsp3) is 0.364. The molecule has 2 aromatic carbocycles. The zero-order valence-electron chi connectivity index (χ0n) is 15.0. The van der Waals surface area contributed by atoms with Crippen LogP contribution in [-0.2, 0) is 0 Å². The number of allylic oxidation sites excluding steroid dienone is 2. The molecular formula is C22H23Cl2NO. The molecule has 26 heavy (non-hydrogen) atoms. The minimum atomic E-state index is 0.135. The van der Waals surface area contributed by atoms with Crippen molar-refractivity contribution in [1.29, 1.82) is 0 Å². The minimum Gasteiger partial charge on any atom is -0.491 e. The van der Waals surface area contributed by atoms with E-state index in [9.17, 15) is 0 Å². The number of rotatable bonds is 4. The average molecular weight is 388 g/mol. The van der Waals surface area contributed by atoms with Crippen LogP contribution < -0.4 is 10.1 Å². The fourth-order valence-corrected chi connectivity index (χ4v) is 4.56. The Labute approximate surface area is 165 Å². The molecule has 3 atom stereocenters. The summed E-state index contributed by atoms with van der Waals surface area (Å²) in [5.74, 6) is 2.23. The molecule has 1 N–H and O–H groups in total. The molecule has 0 saturated heterocycles. The second kappa shape index (κ2) is 7.17. The van der Waals surface area contributed by atoms with Crippen LogP contribution in [0.5, 0.6) is 5.75 Å². The third-order valence-electron chi connectivity index (χ3n) is 5.23. The molecule has 0 fully saturated rings. The van der Waals surface area contributed by atoms with Gasteiger partial charge in [-0.1, -0.05) is 67.4 Å². The molecule has 136 valence electrons. The summed E-state index contributed by atoms with van der Waals surface area (Å²) >= 11 is 12.7. The normalized spacial score (nSPS) is 23.5. The standard InChI is InChI=1S/C22H23Cl2NO/c1-13(2)12-26-20-8-4-7-17-15-5-3-6-16(15)21(25-22(17)20)18-10-9-14(23)11-19(18)24/h3-5,7-11,13,15-16,21,25H,6,12H2,1-2H3. The van der Waals surface area contributed by atoms with Gasteiger partial charge in [0.15, 0.2) is 0 Å². The van der Waals surface area contributed by atoms with Crippen molar-refractivity contribution in [2.75, 3.05) is 11.9 Å². The Morgan fingerprint density at radius 2 is 2.00 bits per heavy atom. The van der Waals surface area contributed by atoms with Gasteiger partial charge >= 0.3 is 0 Å². The van der Waals surface area contributed by atoms with Gasteiger partial charge in [0.05, 0.1) is 18.3 Å². The summed E-state index contributed by atoms with van der Waals surface area (Å²) in [6.07, 6.45) is 5.65. The number of fused-ring (bicyclic) bond motifs is 3. The van der Waals surface area contributed by atoms with Crippen LogP contribution >= 0.6 is 23.2 Å². The number of anilines is 1. The molecule has 0 radical (unpaired) electrons. The monoisotopic (exact) mass is 387 g/mol. The average Bonchev–Trinajstić information content (AvgIpc) is 3.09. The molecule has 0 saturated carbocycles. The Morgan fingerprint density at radius 1 is 1.15 bits per heavy atom. The quantitative estimate of drug-likeness (QED) is 0.578. The Kier molecular flexibility index (Phi) is 4.90. The summed E-state index contributed by atoms with van der Waals surface area (Å²) in [7, 11) is 0. The van der Waals surface area contributed by atoms with E-state index in [1.165, 1.54) is 5.56 Å². The van der Waals surface area contributed by atoms with Crippen LogP contribution in [0.15, 0.2) is 48.6 Å². The highest BCUT2D eigenvalue weighted by Crippen LogP contribution is 2.53. The van der Waals surface area contributed by atoms with Crippen LogP contribution in [0, 0.1) is 11.8 Å². The first-order valence-electron chi connectivity index (χ1n) is 9.18. The van der Waals surface area contributed by atoms with Crippen molar-refractivity contribution >= 4 is 28.9 Å². The van der Waals surface area contributed by atoms with Gasteiger partial charge in [0.2, 0.25) is 0 Å². The van der Waals surface area contributed by atoms with E-state index in [0.29, 0.717) is 34.4 Å². The van der Waals surface area contributed by atoms with Gasteiger partial charge in [-0.05, 0) is 47.6 Å². The van der Waals surface area contributed by atoms with E-state index >= 15 is 0 Å². The van der Waals surface area contributed by atoms with E-state index in [1.54, 1.807) is 0 Å². The summed E-state index contributed by atoms with van der Waals surface area (Å²) in [5, 5.41) is 5.12. The Morgan fingerprint density at radius 3 is 2.77 bits per heavy atom. The molecule has 4 heteroatoms. The Bertz CT molecular complexity index is 846. The molecule has 1 aliphatic heterocycles. The van der Waals surface area contributed by atoms with Crippen molar-refractivity contribution in [3.8, 4) is 5.75 Å². The summed E-state index contributed by atoms with van der Waals surface area (Å²) in [4.78, 5) is 0. The first kappa shape index (κ1) is 17.8. The fourth-order valence-electron chi connectivity index (χ4n) is 4.03. The van der Waals surface area contributed by atoms with Crippen molar-refractivity contribution in [2.45, 2.75) is 32.2 Å². The second-order valence-corrected chi connectivity index (χ2v) is 8.41. The van der Waals surface area contributed by atoms with E-state index in [-0.39, 0.29) is 6.04 Å². The number of hydrogen-bond acceptors (Lipinski definition) is 2. The van der Waals surface area contributed by atoms with Crippen LogP contribution in [-0.4, -0.2) is 6.61 Å². The van der Waals surface area contributed by atoms with Gasteiger partial charge in [-0.15, -0.1) is 0 Å². The largest absolute Gasteiger partial charge is 0.491 e. The van der Waals surface area contributed by atoms with E-state index in [2.05, 4.69) is 43.4 Å². The minimum absolute atomic E-state index is 0.135. The number of ether oxygens (including phenoxy) is 1. The van der Waals surface area contributed by atoms with Crippen molar-refractivity contribution in [3.63, 3.8) is 0 Å². The SMILES string of the molecule is CC(C)COc1cccc2c1NC(c1ccc(Cl)cc1Cl)C1CC=CC21. The van der Waals surface area contributed by atoms with E-state index in [0.717, 1.165) is 23.4 Å². The maximum absolute atomic E-state index is 6.55. The van der Waals surface area contributed by atoms with Crippen LogP contribution in [0.1, 0.15) is 43.4 Å². The molecule has 1 aliphatic carbocycles. The third kappa shape index (κ3) is 3.21. The lowest BCUT2D eigenvalue weighted by molar-refractivity contribution is 0.270.